The summed E-state index contributed by atoms with van der Waals surface area (Å²) in [5.41, 5.74) is 2.85. The lowest BCUT2D eigenvalue weighted by atomic mass is 10.1. The van der Waals surface area contributed by atoms with Crippen molar-refractivity contribution in [2.45, 2.75) is 18.7 Å². The molecule has 0 spiro atoms. The third-order valence-corrected chi connectivity index (χ3v) is 5.95. The van der Waals surface area contributed by atoms with Crippen LogP contribution in [0, 0.1) is 19.7 Å². The Kier molecular flexibility index (Phi) is 5.59. The third-order valence-electron chi connectivity index (χ3n) is 4.13. The van der Waals surface area contributed by atoms with Gasteiger partial charge in [-0.1, -0.05) is 6.07 Å². The molecule has 2 aromatic rings. The Balaban J connectivity index is 2.15. The van der Waals surface area contributed by atoms with E-state index >= 15 is 0 Å². The van der Waals surface area contributed by atoms with E-state index in [1.807, 2.05) is 32.0 Å². The number of amides is 1. The molecule has 2 aromatic carbocycles. The van der Waals surface area contributed by atoms with Gasteiger partial charge in [-0.25, -0.2) is 12.8 Å². The van der Waals surface area contributed by atoms with Gasteiger partial charge in [0.05, 0.1) is 11.4 Å². The highest BCUT2D eigenvalue weighted by Gasteiger charge is 2.24. The van der Waals surface area contributed by atoms with Gasteiger partial charge >= 0.3 is 0 Å². The molecule has 0 fully saturated rings. The Morgan fingerprint density at radius 1 is 1.00 bits per heavy atom. The topological polar surface area (TPSA) is 57.7 Å². The van der Waals surface area contributed by atoms with Crippen molar-refractivity contribution in [1.29, 1.82) is 0 Å². The van der Waals surface area contributed by atoms with Gasteiger partial charge in [0.25, 0.3) is 0 Å². The third kappa shape index (κ3) is 4.24. The van der Waals surface area contributed by atoms with E-state index in [0.717, 1.165) is 27.6 Å². The van der Waals surface area contributed by atoms with Crippen LogP contribution in [0.2, 0.25) is 0 Å². The molecule has 0 saturated carbocycles. The fourth-order valence-corrected chi connectivity index (χ4v) is 3.37. The van der Waals surface area contributed by atoms with E-state index in [-0.39, 0.29) is 17.3 Å². The van der Waals surface area contributed by atoms with Crippen LogP contribution in [0.1, 0.15) is 11.1 Å². The van der Waals surface area contributed by atoms with E-state index < -0.39 is 15.8 Å². The molecule has 2 rings (SSSR count). The van der Waals surface area contributed by atoms with Crippen molar-refractivity contribution in [3.63, 3.8) is 0 Å². The first-order valence-corrected chi connectivity index (χ1v) is 9.12. The van der Waals surface area contributed by atoms with E-state index in [1.54, 1.807) is 7.05 Å². The predicted octanol–water partition coefficient (Wildman–Crippen LogP) is 2.73. The molecule has 0 N–H and O–H groups in total. The van der Waals surface area contributed by atoms with Gasteiger partial charge in [0.1, 0.15) is 5.82 Å². The van der Waals surface area contributed by atoms with Crippen LogP contribution in [0.25, 0.3) is 0 Å². The van der Waals surface area contributed by atoms with Crippen molar-refractivity contribution >= 4 is 21.6 Å². The van der Waals surface area contributed by atoms with Crippen LogP contribution in [0.5, 0.6) is 0 Å². The molecule has 0 aliphatic carbocycles. The minimum absolute atomic E-state index is 0.0574. The summed E-state index contributed by atoms with van der Waals surface area (Å²) in [7, 11) is -0.936. The van der Waals surface area contributed by atoms with Crippen LogP contribution in [-0.2, 0) is 14.8 Å². The summed E-state index contributed by atoms with van der Waals surface area (Å²) >= 11 is 0. The van der Waals surface area contributed by atoms with E-state index in [2.05, 4.69) is 0 Å². The number of rotatable bonds is 5. The maximum absolute atomic E-state index is 13.0. The Labute approximate surface area is 147 Å². The molecule has 0 bridgehead atoms. The zero-order valence-corrected chi connectivity index (χ0v) is 15.5. The average Bonchev–Trinajstić information content (AvgIpc) is 2.57. The van der Waals surface area contributed by atoms with Crippen LogP contribution in [-0.4, -0.2) is 39.3 Å². The summed E-state index contributed by atoms with van der Waals surface area (Å²) in [6.07, 6.45) is 0. The van der Waals surface area contributed by atoms with Crippen molar-refractivity contribution in [3.05, 3.63) is 59.4 Å². The second kappa shape index (κ2) is 7.33. The standard InChI is InChI=1S/C18H21FN2O3S/c1-13-5-8-16(11-14(13)2)21(4)18(22)12-20(3)25(23,24)17-9-6-15(19)7-10-17/h5-11H,12H2,1-4H3. The van der Waals surface area contributed by atoms with Crippen molar-refractivity contribution in [2.75, 3.05) is 25.5 Å². The Morgan fingerprint density at radius 2 is 1.60 bits per heavy atom. The van der Waals surface area contributed by atoms with Gasteiger partial charge in [-0.15, -0.1) is 0 Å². The van der Waals surface area contributed by atoms with Crippen LogP contribution in [0.3, 0.4) is 0 Å². The number of hydrogen-bond donors (Lipinski definition) is 0. The number of nitrogens with zero attached hydrogens (tertiary/aromatic N) is 2. The maximum Gasteiger partial charge on any atom is 0.243 e. The largest absolute Gasteiger partial charge is 0.314 e. The molecule has 0 unspecified atom stereocenters. The second-order valence-corrected chi connectivity index (χ2v) is 7.98. The molecule has 0 aliphatic heterocycles. The lowest BCUT2D eigenvalue weighted by molar-refractivity contribution is -0.118. The van der Waals surface area contributed by atoms with Crippen molar-refractivity contribution < 1.29 is 17.6 Å². The summed E-state index contributed by atoms with van der Waals surface area (Å²) < 4.78 is 38.9. The summed E-state index contributed by atoms with van der Waals surface area (Å²) in [6, 6.07) is 10.1. The van der Waals surface area contributed by atoms with Gasteiger partial charge in [-0.3, -0.25) is 4.79 Å². The second-order valence-electron chi connectivity index (χ2n) is 5.94. The summed E-state index contributed by atoms with van der Waals surface area (Å²) in [5, 5.41) is 0. The molecular formula is C18H21FN2O3S. The van der Waals surface area contributed by atoms with Gasteiger partial charge in [0.2, 0.25) is 15.9 Å². The average molecular weight is 364 g/mol. The van der Waals surface area contributed by atoms with Gasteiger partial charge in [-0.05, 0) is 61.4 Å². The SMILES string of the molecule is Cc1ccc(N(C)C(=O)CN(C)S(=O)(=O)c2ccc(F)cc2)cc1C. The predicted molar refractivity (Wildman–Crippen MR) is 95.5 cm³/mol. The smallest absolute Gasteiger partial charge is 0.243 e. The minimum Gasteiger partial charge on any atom is -0.314 e. The fourth-order valence-electron chi connectivity index (χ4n) is 2.25. The first-order valence-electron chi connectivity index (χ1n) is 7.68. The van der Waals surface area contributed by atoms with Gasteiger partial charge in [0, 0.05) is 19.8 Å². The number of sulfonamides is 1. The first-order chi connectivity index (χ1) is 11.6. The van der Waals surface area contributed by atoms with Gasteiger partial charge in [-0.2, -0.15) is 4.31 Å². The number of aryl methyl sites for hydroxylation is 2. The normalized spacial score (nSPS) is 11.6. The lowest BCUT2D eigenvalue weighted by Gasteiger charge is -2.22. The zero-order chi connectivity index (χ0) is 18.8. The zero-order valence-electron chi connectivity index (χ0n) is 14.7. The number of hydrogen-bond acceptors (Lipinski definition) is 3. The number of benzene rings is 2. The van der Waals surface area contributed by atoms with E-state index in [1.165, 1.54) is 24.1 Å². The molecule has 0 saturated heterocycles. The van der Waals surface area contributed by atoms with Crippen LogP contribution < -0.4 is 4.90 Å². The number of carbonyl (C=O) groups is 1. The monoisotopic (exact) mass is 364 g/mol. The number of likely N-dealkylation sites (N-methyl/N-ethyl adjacent to an activating group) is 2. The molecule has 0 aliphatic rings. The molecule has 0 aromatic heterocycles. The maximum atomic E-state index is 13.0. The molecule has 134 valence electrons. The van der Waals surface area contributed by atoms with Gasteiger partial charge < -0.3 is 4.90 Å². The van der Waals surface area contributed by atoms with Gasteiger partial charge in [0.15, 0.2) is 0 Å². The highest BCUT2D eigenvalue weighted by Crippen LogP contribution is 2.19. The molecule has 7 heteroatoms. The lowest BCUT2D eigenvalue weighted by Crippen LogP contribution is -2.39. The quantitative estimate of drug-likeness (QED) is 0.820. The molecular weight excluding hydrogens is 343 g/mol. The van der Waals surface area contributed by atoms with Crippen LogP contribution in [0.15, 0.2) is 47.4 Å². The summed E-state index contributed by atoms with van der Waals surface area (Å²) in [6.45, 7) is 3.61. The van der Waals surface area contributed by atoms with Crippen molar-refractivity contribution in [3.8, 4) is 0 Å². The highest BCUT2D eigenvalue weighted by molar-refractivity contribution is 7.89. The van der Waals surface area contributed by atoms with Crippen molar-refractivity contribution in [1.82, 2.24) is 4.31 Å². The highest BCUT2D eigenvalue weighted by atomic mass is 32.2. The molecule has 0 atom stereocenters. The Morgan fingerprint density at radius 3 is 2.16 bits per heavy atom. The number of carbonyl (C=O) groups excluding carboxylic acids is 1. The number of anilines is 1. The fraction of sp³-hybridized carbons (Fsp3) is 0.278. The van der Waals surface area contributed by atoms with Crippen LogP contribution in [0.4, 0.5) is 10.1 Å². The molecule has 0 radical (unpaired) electrons. The van der Waals surface area contributed by atoms with E-state index in [4.69, 9.17) is 0 Å². The molecule has 0 heterocycles. The Hall–Kier alpha value is -2.25. The summed E-state index contributed by atoms with van der Waals surface area (Å²) in [5.74, 6) is -0.886. The number of halogens is 1. The molecule has 5 nitrogen and oxygen atoms in total. The first kappa shape index (κ1) is 19.1. The molecule has 25 heavy (non-hydrogen) atoms. The molecule has 1 amide bonds. The van der Waals surface area contributed by atoms with Crippen LogP contribution >= 0.6 is 0 Å². The van der Waals surface area contributed by atoms with E-state index in [0.29, 0.717) is 5.69 Å². The van der Waals surface area contributed by atoms with Crippen molar-refractivity contribution in [2.24, 2.45) is 0 Å². The summed E-state index contributed by atoms with van der Waals surface area (Å²) in [4.78, 5) is 13.8. The Bertz CT molecular complexity index is 880. The van der Waals surface area contributed by atoms with E-state index in [9.17, 15) is 17.6 Å². The minimum atomic E-state index is -3.86.